The van der Waals surface area contributed by atoms with Crippen LogP contribution in [0.4, 0.5) is 5.69 Å². The standard InChI is InChI=1S/C14H21BrN2OS/c1-2-13(16)10-11-9-12(15)3-4-14(11)17-5-7-19(18)8-6-17/h3-4,9,13H,2,5-8,10,16H2,1H3. The lowest BCUT2D eigenvalue weighted by molar-refractivity contribution is 0.643. The Kier molecular flexibility index (Phi) is 5.42. The molecular weight excluding hydrogens is 324 g/mol. The quantitative estimate of drug-likeness (QED) is 0.911. The van der Waals surface area contributed by atoms with E-state index in [4.69, 9.17) is 5.73 Å². The van der Waals surface area contributed by atoms with Crippen molar-refractivity contribution < 1.29 is 4.21 Å². The van der Waals surface area contributed by atoms with E-state index in [0.717, 1.165) is 41.9 Å². The fourth-order valence-electron chi connectivity index (χ4n) is 2.33. The van der Waals surface area contributed by atoms with E-state index in [0.29, 0.717) is 0 Å². The maximum Gasteiger partial charge on any atom is 0.0411 e. The van der Waals surface area contributed by atoms with E-state index in [1.807, 2.05) is 0 Å². The zero-order valence-corrected chi connectivity index (χ0v) is 13.7. The second-order valence-electron chi connectivity index (χ2n) is 4.98. The summed E-state index contributed by atoms with van der Waals surface area (Å²) in [7, 11) is -0.634. The predicted octanol–water partition coefficient (Wildman–Crippen LogP) is 2.30. The van der Waals surface area contributed by atoms with Gasteiger partial charge in [-0.05, 0) is 36.6 Å². The van der Waals surface area contributed by atoms with Crippen molar-refractivity contribution in [3.63, 3.8) is 0 Å². The molecule has 2 rings (SSSR count). The van der Waals surface area contributed by atoms with Crippen molar-refractivity contribution in [2.45, 2.75) is 25.8 Å². The van der Waals surface area contributed by atoms with Crippen molar-refractivity contribution in [1.29, 1.82) is 0 Å². The Morgan fingerprint density at radius 1 is 1.42 bits per heavy atom. The van der Waals surface area contributed by atoms with Gasteiger partial charge in [0.25, 0.3) is 0 Å². The summed E-state index contributed by atoms with van der Waals surface area (Å²) in [5.41, 5.74) is 8.63. The Labute approximate surface area is 126 Å². The number of benzene rings is 1. The van der Waals surface area contributed by atoms with Crippen molar-refractivity contribution in [1.82, 2.24) is 0 Å². The highest BCUT2D eigenvalue weighted by Crippen LogP contribution is 2.27. The molecule has 5 heteroatoms. The molecule has 1 aromatic carbocycles. The topological polar surface area (TPSA) is 46.3 Å². The Morgan fingerprint density at radius 3 is 2.74 bits per heavy atom. The molecule has 0 aromatic heterocycles. The predicted molar refractivity (Wildman–Crippen MR) is 86.2 cm³/mol. The van der Waals surface area contributed by atoms with Crippen LogP contribution in [0.3, 0.4) is 0 Å². The van der Waals surface area contributed by atoms with Crippen molar-refractivity contribution in [2.24, 2.45) is 5.73 Å². The zero-order chi connectivity index (χ0) is 13.8. The molecule has 1 aliphatic rings. The van der Waals surface area contributed by atoms with Gasteiger partial charge < -0.3 is 10.6 Å². The number of anilines is 1. The van der Waals surface area contributed by atoms with Gasteiger partial charge in [0.05, 0.1) is 0 Å². The molecule has 0 radical (unpaired) electrons. The van der Waals surface area contributed by atoms with Crippen LogP contribution in [0.1, 0.15) is 18.9 Å². The van der Waals surface area contributed by atoms with Crippen LogP contribution >= 0.6 is 15.9 Å². The lowest BCUT2D eigenvalue weighted by Crippen LogP contribution is -2.38. The molecule has 0 aliphatic carbocycles. The first-order valence-corrected chi connectivity index (χ1v) is 9.02. The average Bonchev–Trinajstić information content (AvgIpc) is 2.40. The summed E-state index contributed by atoms with van der Waals surface area (Å²) in [5.74, 6) is 1.55. The minimum absolute atomic E-state index is 0.201. The van der Waals surface area contributed by atoms with Crippen molar-refractivity contribution in [3.05, 3.63) is 28.2 Å². The molecule has 1 heterocycles. The number of hydrogen-bond donors (Lipinski definition) is 1. The maximum atomic E-state index is 11.5. The highest BCUT2D eigenvalue weighted by molar-refractivity contribution is 9.10. The van der Waals surface area contributed by atoms with Crippen molar-refractivity contribution in [2.75, 3.05) is 29.5 Å². The number of nitrogens with zero attached hydrogens (tertiary/aromatic N) is 1. The third kappa shape index (κ3) is 4.04. The van der Waals surface area contributed by atoms with Crippen LogP contribution in [-0.2, 0) is 17.2 Å². The van der Waals surface area contributed by atoms with Crippen LogP contribution < -0.4 is 10.6 Å². The third-order valence-electron chi connectivity index (χ3n) is 3.57. The molecule has 1 saturated heterocycles. The van der Waals surface area contributed by atoms with Crippen molar-refractivity contribution >= 4 is 32.4 Å². The van der Waals surface area contributed by atoms with Crippen LogP contribution in [-0.4, -0.2) is 34.8 Å². The molecule has 3 nitrogen and oxygen atoms in total. The molecule has 0 saturated carbocycles. The summed E-state index contributed by atoms with van der Waals surface area (Å²) in [5, 5.41) is 0. The van der Waals surface area contributed by atoms with Crippen LogP contribution in [0.25, 0.3) is 0 Å². The summed E-state index contributed by atoms with van der Waals surface area (Å²) in [6, 6.07) is 6.58. The van der Waals surface area contributed by atoms with Gasteiger partial charge in [-0.3, -0.25) is 4.21 Å². The van der Waals surface area contributed by atoms with E-state index in [-0.39, 0.29) is 6.04 Å². The highest BCUT2D eigenvalue weighted by atomic mass is 79.9. The van der Waals surface area contributed by atoms with Gasteiger partial charge in [-0.2, -0.15) is 0 Å². The van der Waals surface area contributed by atoms with E-state index >= 15 is 0 Å². The van der Waals surface area contributed by atoms with Crippen LogP contribution in [0.2, 0.25) is 0 Å². The number of nitrogens with two attached hydrogens (primary N) is 1. The van der Waals surface area contributed by atoms with E-state index in [2.05, 4.69) is 46.0 Å². The van der Waals surface area contributed by atoms with Gasteiger partial charge in [0.2, 0.25) is 0 Å². The van der Waals surface area contributed by atoms with Gasteiger partial charge in [-0.25, -0.2) is 0 Å². The lowest BCUT2D eigenvalue weighted by Gasteiger charge is -2.31. The second kappa shape index (κ2) is 6.86. The minimum Gasteiger partial charge on any atom is -0.369 e. The average molecular weight is 345 g/mol. The Hall–Kier alpha value is -0.390. The van der Waals surface area contributed by atoms with Gasteiger partial charge in [0.1, 0.15) is 0 Å². The molecule has 106 valence electrons. The molecule has 1 atom stereocenters. The van der Waals surface area contributed by atoms with Gasteiger partial charge in [-0.1, -0.05) is 22.9 Å². The molecule has 1 aromatic rings. The first kappa shape index (κ1) is 15.0. The smallest absolute Gasteiger partial charge is 0.0411 e. The Bertz CT molecular complexity index is 457. The molecule has 19 heavy (non-hydrogen) atoms. The van der Waals surface area contributed by atoms with Gasteiger partial charge in [0.15, 0.2) is 0 Å². The summed E-state index contributed by atoms with van der Waals surface area (Å²) in [6.07, 6.45) is 1.88. The van der Waals surface area contributed by atoms with Crippen LogP contribution in [0.15, 0.2) is 22.7 Å². The molecule has 0 bridgehead atoms. The summed E-state index contributed by atoms with van der Waals surface area (Å²) in [4.78, 5) is 2.34. The molecule has 1 unspecified atom stereocenters. The maximum absolute atomic E-state index is 11.5. The normalized spacial score (nSPS) is 18.6. The largest absolute Gasteiger partial charge is 0.369 e. The molecule has 1 fully saturated rings. The van der Waals surface area contributed by atoms with Crippen LogP contribution in [0, 0.1) is 0 Å². The molecule has 2 N–H and O–H groups in total. The number of rotatable bonds is 4. The summed E-state index contributed by atoms with van der Waals surface area (Å²) >= 11 is 3.53. The molecule has 1 aliphatic heterocycles. The van der Waals surface area contributed by atoms with E-state index < -0.39 is 10.8 Å². The van der Waals surface area contributed by atoms with Gasteiger partial charge >= 0.3 is 0 Å². The first-order chi connectivity index (χ1) is 9.10. The molecule has 0 spiro atoms. The highest BCUT2D eigenvalue weighted by Gasteiger charge is 2.18. The monoisotopic (exact) mass is 344 g/mol. The molecule has 0 amide bonds. The minimum atomic E-state index is -0.634. The van der Waals surface area contributed by atoms with E-state index in [9.17, 15) is 4.21 Å². The van der Waals surface area contributed by atoms with E-state index in [1.165, 1.54) is 11.3 Å². The second-order valence-corrected chi connectivity index (χ2v) is 7.59. The summed E-state index contributed by atoms with van der Waals surface area (Å²) < 4.78 is 12.6. The first-order valence-electron chi connectivity index (χ1n) is 6.74. The van der Waals surface area contributed by atoms with Gasteiger partial charge in [0, 0.05) is 51.6 Å². The third-order valence-corrected chi connectivity index (χ3v) is 5.34. The SMILES string of the molecule is CCC(N)Cc1cc(Br)ccc1N1CCS(=O)CC1. The van der Waals surface area contributed by atoms with Gasteiger partial charge in [-0.15, -0.1) is 0 Å². The zero-order valence-electron chi connectivity index (χ0n) is 11.3. The van der Waals surface area contributed by atoms with Crippen LogP contribution in [0.5, 0.6) is 0 Å². The Morgan fingerprint density at radius 2 is 2.11 bits per heavy atom. The summed E-state index contributed by atoms with van der Waals surface area (Å²) in [6.45, 7) is 3.87. The lowest BCUT2D eigenvalue weighted by atomic mass is 10.0. The van der Waals surface area contributed by atoms with Crippen molar-refractivity contribution in [3.8, 4) is 0 Å². The number of hydrogen-bond acceptors (Lipinski definition) is 3. The van der Waals surface area contributed by atoms with E-state index in [1.54, 1.807) is 0 Å². The number of halogens is 1. The molecular formula is C14H21BrN2OS. The fourth-order valence-corrected chi connectivity index (χ4v) is 3.79. The fraction of sp³-hybridized carbons (Fsp3) is 0.571. The Balaban J connectivity index is 2.21.